The minimum absolute atomic E-state index is 0.0466. The van der Waals surface area contributed by atoms with Crippen molar-refractivity contribution in [1.82, 2.24) is 19.4 Å². The third kappa shape index (κ3) is 7.52. The highest BCUT2D eigenvalue weighted by atomic mass is 32.2. The molecule has 1 amide bonds. The maximum Gasteiger partial charge on any atom is 0.258 e. The number of halogens is 2. The molecule has 242 valence electrons. The minimum atomic E-state index is -1.79. The third-order valence-electron chi connectivity index (χ3n) is 8.58. The van der Waals surface area contributed by atoms with Gasteiger partial charge in [0, 0.05) is 107 Å². The van der Waals surface area contributed by atoms with E-state index in [0.717, 1.165) is 80.8 Å². The first-order valence-electron chi connectivity index (χ1n) is 15.3. The fourth-order valence-corrected chi connectivity index (χ4v) is 7.26. The maximum atomic E-state index is 13.8. The molecule has 2 fully saturated rings. The number of aromatic amines is 1. The zero-order valence-corrected chi connectivity index (χ0v) is 26.1. The second kappa shape index (κ2) is 14.3. The molecule has 0 bridgehead atoms. The molecule has 1 atom stereocenters. The van der Waals surface area contributed by atoms with Crippen molar-refractivity contribution >= 4 is 34.1 Å². The summed E-state index contributed by atoms with van der Waals surface area (Å²) < 4.78 is 53.2. The Kier molecular flexibility index (Phi) is 10.0. The highest BCUT2D eigenvalue weighted by molar-refractivity contribution is 7.82. The van der Waals surface area contributed by atoms with Crippen molar-refractivity contribution in [2.24, 2.45) is 0 Å². The van der Waals surface area contributed by atoms with Gasteiger partial charge in [-0.15, -0.1) is 0 Å². The number of hydrogen-bond donors (Lipinski definition) is 3. The van der Waals surface area contributed by atoms with Crippen molar-refractivity contribution in [2.45, 2.75) is 36.7 Å². The van der Waals surface area contributed by atoms with Crippen LogP contribution in [0.2, 0.25) is 0 Å². The van der Waals surface area contributed by atoms with Crippen LogP contribution >= 0.6 is 0 Å². The van der Waals surface area contributed by atoms with Crippen LogP contribution in [0.3, 0.4) is 0 Å². The van der Waals surface area contributed by atoms with Gasteiger partial charge in [0.1, 0.15) is 22.6 Å². The second-order valence-corrected chi connectivity index (χ2v) is 13.0. The van der Waals surface area contributed by atoms with Crippen LogP contribution in [0.1, 0.15) is 34.5 Å². The minimum Gasteiger partial charge on any atom is -0.383 e. The highest BCUT2D eigenvalue weighted by Crippen LogP contribution is 2.30. The van der Waals surface area contributed by atoms with Gasteiger partial charge < -0.3 is 25.0 Å². The van der Waals surface area contributed by atoms with E-state index in [1.54, 1.807) is 11.4 Å². The lowest BCUT2D eigenvalue weighted by atomic mass is 10.1. The van der Waals surface area contributed by atoms with Crippen LogP contribution in [-0.4, -0.2) is 102 Å². The summed E-state index contributed by atoms with van der Waals surface area (Å²) in [7, 11) is -0.0722. The van der Waals surface area contributed by atoms with Gasteiger partial charge in [-0.05, 0) is 43.2 Å². The van der Waals surface area contributed by atoms with Crippen LogP contribution in [0.15, 0.2) is 41.3 Å². The van der Waals surface area contributed by atoms with Crippen molar-refractivity contribution in [1.29, 1.82) is 0 Å². The van der Waals surface area contributed by atoms with Crippen molar-refractivity contribution in [2.75, 3.05) is 81.7 Å². The number of nitrogens with zero attached hydrogens (tertiary/aromatic N) is 4. The predicted molar refractivity (Wildman–Crippen MR) is 168 cm³/mol. The number of carbonyl (C=O) groups is 1. The molecule has 4 heterocycles. The smallest absolute Gasteiger partial charge is 0.258 e. The van der Waals surface area contributed by atoms with E-state index in [1.807, 2.05) is 12.1 Å². The van der Waals surface area contributed by atoms with E-state index in [4.69, 9.17) is 9.47 Å². The lowest BCUT2D eigenvalue weighted by Gasteiger charge is -2.36. The summed E-state index contributed by atoms with van der Waals surface area (Å²) >= 11 is 0. The van der Waals surface area contributed by atoms with E-state index in [-0.39, 0.29) is 23.4 Å². The zero-order chi connectivity index (χ0) is 31.3. The van der Waals surface area contributed by atoms with Gasteiger partial charge in [0.15, 0.2) is 5.82 Å². The molecule has 2 aromatic carbocycles. The summed E-state index contributed by atoms with van der Waals surface area (Å²) in [6, 6.07) is 8.97. The van der Waals surface area contributed by atoms with E-state index >= 15 is 0 Å². The number of ether oxygens (including phenoxy) is 2. The molecule has 45 heavy (non-hydrogen) atoms. The molecule has 6 rings (SSSR count). The number of H-pyrrole nitrogens is 1. The van der Waals surface area contributed by atoms with E-state index in [2.05, 4.69) is 36.7 Å². The molecule has 11 nitrogen and oxygen atoms in total. The van der Waals surface area contributed by atoms with Gasteiger partial charge in [-0.25, -0.2) is 17.3 Å². The number of hydrogen-bond acceptors (Lipinski definition) is 8. The van der Waals surface area contributed by atoms with Gasteiger partial charge in [0.05, 0.1) is 17.1 Å². The van der Waals surface area contributed by atoms with E-state index in [1.165, 1.54) is 0 Å². The molecule has 1 aromatic heterocycles. The number of fused-ring (bicyclic) bond motifs is 1. The fraction of sp³-hybridized carbons (Fsp3) is 0.484. The van der Waals surface area contributed by atoms with Crippen LogP contribution in [0.5, 0.6) is 0 Å². The van der Waals surface area contributed by atoms with Crippen molar-refractivity contribution < 1.29 is 27.3 Å². The molecular formula is C31H39F2N7O4S. The van der Waals surface area contributed by atoms with E-state index in [0.29, 0.717) is 49.7 Å². The van der Waals surface area contributed by atoms with Crippen LogP contribution in [0, 0.1) is 11.6 Å². The number of benzene rings is 2. The Balaban J connectivity index is 1.19. The van der Waals surface area contributed by atoms with E-state index in [9.17, 15) is 17.8 Å². The molecule has 0 saturated carbocycles. The molecule has 14 heteroatoms. The molecular weight excluding hydrogens is 604 g/mol. The average molecular weight is 644 g/mol. The lowest BCUT2D eigenvalue weighted by Crippen LogP contribution is -2.47. The molecule has 3 aromatic rings. The van der Waals surface area contributed by atoms with Gasteiger partial charge in [0.2, 0.25) is 0 Å². The second-order valence-electron chi connectivity index (χ2n) is 11.5. The first-order valence-corrected chi connectivity index (χ1v) is 16.4. The van der Waals surface area contributed by atoms with Crippen LogP contribution < -0.4 is 15.5 Å². The Morgan fingerprint density at radius 3 is 2.58 bits per heavy atom. The SMILES string of the molecule is COCCN1CCN(c2ccc(C(=O)Nc3n[nH]c4c3CN(S(=O)c3cc(F)cc(F)c3)CC4)c(NC3CCOCC3)c2)CC1. The Labute approximate surface area is 263 Å². The van der Waals surface area contributed by atoms with Crippen molar-refractivity contribution in [3.05, 3.63) is 64.9 Å². The molecule has 3 aliphatic rings. The summed E-state index contributed by atoms with van der Waals surface area (Å²) in [5, 5.41) is 13.9. The van der Waals surface area contributed by atoms with Gasteiger partial charge >= 0.3 is 0 Å². The van der Waals surface area contributed by atoms with Crippen LogP contribution in [-0.2, 0) is 33.4 Å². The Bertz CT molecular complexity index is 1510. The maximum absolute atomic E-state index is 13.8. The summed E-state index contributed by atoms with van der Waals surface area (Å²) in [5.74, 6) is -1.55. The fourth-order valence-electron chi connectivity index (χ4n) is 6.03. The standard InChI is InChI=1S/C31H39F2N7O4S/c1-43-15-12-38-8-10-39(11-9-38)24-2-3-26(29(19-24)34-23-5-13-44-14-6-23)31(41)35-30-27-20-40(7-4-28(27)36-37-30)45(42)25-17-21(32)16-22(33)18-25/h2-3,16-19,23,34H,4-15,20H2,1H3,(H2,35,36,37,41). The van der Waals surface area contributed by atoms with Gasteiger partial charge in [-0.2, -0.15) is 5.10 Å². The van der Waals surface area contributed by atoms with Crippen molar-refractivity contribution in [3.8, 4) is 0 Å². The van der Waals surface area contributed by atoms with Gasteiger partial charge in [-0.1, -0.05) is 0 Å². The Morgan fingerprint density at radius 2 is 1.84 bits per heavy atom. The largest absolute Gasteiger partial charge is 0.383 e. The Hall–Kier alpha value is -3.43. The molecule has 0 spiro atoms. The number of piperazine rings is 1. The highest BCUT2D eigenvalue weighted by Gasteiger charge is 2.28. The van der Waals surface area contributed by atoms with Crippen LogP contribution in [0.25, 0.3) is 0 Å². The number of amides is 1. The lowest BCUT2D eigenvalue weighted by molar-refractivity contribution is 0.0904. The molecule has 0 radical (unpaired) electrons. The molecule has 3 N–H and O–H groups in total. The summed E-state index contributed by atoms with van der Waals surface area (Å²) in [6.45, 7) is 7.19. The summed E-state index contributed by atoms with van der Waals surface area (Å²) in [5.41, 5.74) is 3.81. The summed E-state index contributed by atoms with van der Waals surface area (Å²) in [6.07, 6.45) is 2.18. The number of methoxy groups -OCH3 is 1. The molecule has 0 aliphatic carbocycles. The zero-order valence-electron chi connectivity index (χ0n) is 25.3. The normalized spacial score (nSPS) is 18.9. The first kappa shape index (κ1) is 31.5. The molecule has 3 aliphatic heterocycles. The quantitative estimate of drug-likeness (QED) is 0.308. The number of rotatable bonds is 10. The number of aromatic nitrogens is 2. The summed E-state index contributed by atoms with van der Waals surface area (Å²) in [4.78, 5) is 18.6. The molecule has 1 unspecified atom stereocenters. The van der Waals surface area contributed by atoms with Gasteiger partial charge in [0.25, 0.3) is 5.91 Å². The monoisotopic (exact) mass is 643 g/mol. The Morgan fingerprint density at radius 1 is 1.09 bits per heavy atom. The third-order valence-corrected chi connectivity index (χ3v) is 10.0. The average Bonchev–Trinajstić information content (AvgIpc) is 3.45. The van der Waals surface area contributed by atoms with Crippen LogP contribution in [0.4, 0.5) is 26.0 Å². The van der Waals surface area contributed by atoms with E-state index < -0.39 is 22.6 Å². The predicted octanol–water partition coefficient (Wildman–Crippen LogP) is 3.38. The number of carbonyl (C=O) groups excluding carboxylic acids is 1. The van der Waals surface area contributed by atoms with Crippen molar-refractivity contribution in [3.63, 3.8) is 0 Å². The topological polar surface area (TPSA) is 115 Å². The molecule has 2 saturated heterocycles. The van der Waals surface area contributed by atoms with Gasteiger partial charge in [-0.3, -0.25) is 14.8 Å². The first-order chi connectivity index (χ1) is 21.9. The number of anilines is 3. The number of nitrogens with one attached hydrogen (secondary N) is 3.